The second kappa shape index (κ2) is 8.08. The van der Waals surface area contributed by atoms with Gasteiger partial charge in [0.1, 0.15) is 6.33 Å². The summed E-state index contributed by atoms with van der Waals surface area (Å²) in [6.45, 7) is 0. The molecule has 0 radical (unpaired) electrons. The van der Waals surface area contributed by atoms with Gasteiger partial charge in [0, 0.05) is 30.9 Å². The van der Waals surface area contributed by atoms with Gasteiger partial charge in [-0.25, -0.2) is 9.97 Å². The lowest BCUT2D eigenvalue weighted by Crippen LogP contribution is -1.98. The van der Waals surface area contributed by atoms with Crippen LogP contribution in [0, 0.1) is 0 Å². The minimum Gasteiger partial charge on any atom is -0.265 e. The molecule has 3 aromatic rings. The van der Waals surface area contributed by atoms with Crippen molar-refractivity contribution >= 4 is 24.1 Å². The molecule has 0 aliphatic heterocycles. The van der Waals surface area contributed by atoms with Gasteiger partial charge in [-0.2, -0.15) is 10.2 Å². The van der Waals surface area contributed by atoms with Gasteiger partial charge in [0.2, 0.25) is 0 Å². The Bertz CT molecular complexity index is 751. The molecule has 0 saturated carbocycles. The Balaban J connectivity index is 1.58. The largest absolute Gasteiger partial charge is 0.265 e. The Kier molecular flexibility index (Phi) is 5.13. The van der Waals surface area contributed by atoms with Crippen molar-refractivity contribution in [2.24, 2.45) is 10.2 Å². The molecule has 3 heterocycles. The van der Waals surface area contributed by atoms with Crippen LogP contribution < -0.4 is 10.9 Å². The maximum atomic E-state index is 4.11. The van der Waals surface area contributed by atoms with Crippen LogP contribution in [0.2, 0.25) is 0 Å². The second-order valence-electron chi connectivity index (χ2n) is 4.59. The van der Waals surface area contributed by atoms with Crippen molar-refractivity contribution in [3.05, 3.63) is 72.6 Å². The van der Waals surface area contributed by atoms with Crippen LogP contribution in [0.25, 0.3) is 0 Å². The van der Waals surface area contributed by atoms with Crippen LogP contribution in [0.15, 0.2) is 71.6 Å². The molecule has 118 valence electrons. The molecule has 0 unspecified atom stereocenters. The number of aromatic nitrogens is 4. The molecule has 3 aromatic heterocycles. The van der Waals surface area contributed by atoms with Crippen LogP contribution in [0.1, 0.15) is 11.1 Å². The zero-order chi connectivity index (χ0) is 16.5. The summed E-state index contributed by atoms with van der Waals surface area (Å²) in [7, 11) is 0. The average molecular weight is 318 g/mol. The van der Waals surface area contributed by atoms with E-state index in [0.29, 0.717) is 11.6 Å². The first-order chi connectivity index (χ1) is 11.9. The van der Waals surface area contributed by atoms with Crippen molar-refractivity contribution in [2.75, 3.05) is 10.9 Å². The van der Waals surface area contributed by atoms with Gasteiger partial charge in [-0.05, 0) is 35.4 Å². The Morgan fingerprint density at radius 1 is 0.708 bits per heavy atom. The first-order valence-corrected chi connectivity index (χ1v) is 7.10. The van der Waals surface area contributed by atoms with Gasteiger partial charge in [0.25, 0.3) is 0 Å². The number of pyridine rings is 2. The maximum Gasteiger partial charge on any atom is 0.151 e. The van der Waals surface area contributed by atoms with E-state index >= 15 is 0 Å². The third-order valence-corrected chi connectivity index (χ3v) is 2.86. The number of hydrazone groups is 2. The highest BCUT2D eigenvalue weighted by Crippen LogP contribution is 2.08. The Labute approximate surface area is 138 Å². The van der Waals surface area contributed by atoms with Crippen molar-refractivity contribution in [3.63, 3.8) is 0 Å². The molecule has 0 aliphatic carbocycles. The van der Waals surface area contributed by atoms with E-state index in [1.54, 1.807) is 43.3 Å². The summed E-state index contributed by atoms with van der Waals surface area (Å²) in [4.78, 5) is 16.1. The molecule has 0 spiro atoms. The fourth-order valence-electron chi connectivity index (χ4n) is 1.72. The zero-order valence-electron chi connectivity index (χ0n) is 12.6. The molecule has 8 nitrogen and oxygen atoms in total. The number of hydrogen-bond donors (Lipinski definition) is 2. The highest BCUT2D eigenvalue weighted by Gasteiger charge is 1.96. The van der Waals surface area contributed by atoms with E-state index in [9.17, 15) is 0 Å². The molecule has 0 amide bonds. The quantitative estimate of drug-likeness (QED) is 0.533. The molecule has 0 atom stereocenters. The van der Waals surface area contributed by atoms with Gasteiger partial charge < -0.3 is 0 Å². The van der Waals surface area contributed by atoms with Gasteiger partial charge in [0.15, 0.2) is 11.6 Å². The lowest BCUT2D eigenvalue weighted by molar-refractivity contribution is 1.12. The van der Waals surface area contributed by atoms with E-state index in [4.69, 9.17) is 0 Å². The molecule has 3 rings (SSSR count). The summed E-state index contributed by atoms with van der Waals surface area (Å²) in [5, 5.41) is 8.23. The lowest BCUT2D eigenvalue weighted by Gasteiger charge is -2.02. The molecule has 2 N–H and O–H groups in total. The number of anilines is 2. The van der Waals surface area contributed by atoms with Crippen LogP contribution in [-0.4, -0.2) is 32.4 Å². The fourth-order valence-corrected chi connectivity index (χ4v) is 1.72. The fraction of sp³-hybridized carbons (Fsp3) is 0. The minimum atomic E-state index is 0.553. The van der Waals surface area contributed by atoms with Gasteiger partial charge in [-0.3, -0.25) is 20.8 Å². The number of nitrogens with zero attached hydrogens (tertiary/aromatic N) is 6. The summed E-state index contributed by atoms with van der Waals surface area (Å²) in [6, 6.07) is 9.11. The summed E-state index contributed by atoms with van der Waals surface area (Å²) < 4.78 is 0. The van der Waals surface area contributed by atoms with Gasteiger partial charge in [-0.1, -0.05) is 0 Å². The predicted molar refractivity (Wildman–Crippen MR) is 92.9 cm³/mol. The molecule has 0 bridgehead atoms. The van der Waals surface area contributed by atoms with Crippen molar-refractivity contribution in [2.45, 2.75) is 0 Å². The second-order valence-corrected chi connectivity index (χ2v) is 4.59. The maximum absolute atomic E-state index is 4.11. The van der Waals surface area contributed by atoms with Gasteiger partial charge in [-0.15, -0.1) is 0 Å². The van der Waals surface area contributed by atoms with Gasteiger partial charge >= 0.3 is 0 Å². The molecule has 0 fully saturated rings. The van der Waals surface area contributed by atoms with Crippen molar-refractivity contribution in [1.82, 2.24) is 19.9 Å². The predicted octanol–water partition coefficient (Wildman–Crippen LogP) is 2.16. The highest BCUT2D eigenvalue weighted by atomic mass is 15.3. The third-order valence-electron chi connectivity index (χ3n) is 2.86. The zero-order valence-corrected chi connectivity index (χ0v) is 12.6. The summed E-state index contributed by atoms with van der Waals surface area (Å²) in [6.07, 6.45) is 11.6. The Morgan fingerprint density at radius 3 is 1.62 bits per heavy atom. The molecular weight excluding hydrogens is 304 g/mol. The van der Waals surface area contributed by atoms with Crippen LogP contribution in [0.5, 0.6) is 0 Å². The van der Waals surface area contributed by atoms with Crippen molar-refractivity contribution < 1.29 is 0 Å². The smallest absolute Gasteiger partial charge is 0.151 e. The van der Waals surface area contributed by atoms with Crippen molar-refractivity contribution in [3.8, 4) is 0 Å². The Hall–Kier alpha value is -3.68. The standard InChI is InChI=1S/C16H14N8/c1-5-17-6-2-13(1)10-21-23-15-9-16(20-12-19-15)24-22-11-14-3-7-18-8-4-14/h1-12H,(H2,19,20,23,24)/b21-10+,22-11+. The van der Waals surface area contributed by atoms with Gasteiger partial charge in [0.05, 0.1) is 12.4 Å². The molecule has 0 aliphatic rings. The molecule has 0 aromatic carbocycles. The normalized spacial score (nSPS) is 11.0. The Morgan fingerprint density at radius 2 is 1.17 bits per heavy atom. The molecule has 0 saturated heterocycles. The summed E-state index contributed by atoms with van der Waals surface area (Å²) >= 11 is 0. The first-order valence-electron chi connectivity index (χ1n) is 7.10. The first kappa shape index (κ1) is 15.2. The summed E-state index contributed by atoms with van der Waals surface area (Å²) in [5.74, 6) is 1.11. The van der Waals surface area contributed by atoms with Crippen LogP contribution in [0.4, 0.5) is 11.6 Å². The minimum absolute atomic E-state index is 0.553. The van der Waals surface area contributed by atoms with Crippen LogP contribution in [-0.2, 0) is 0 Å². The van der Waals surface area contributed by atoms with E-state index in [0.717, 1.165) is 11.1 Å². The monoisotopic (exact) mass is 318 g/mol. The van der Waals surface area contributed by atoms with Crippen LogP contribution in [0.3, 0.4) is 0 Å². The SMILES string of the molecule is C(=N\Nc1cc(N/N=C/c2ccncc2)ncn1)/c1ccncc1. The van der Waals surface area contributed by atoms with E-state index in [1.807, 2.05) is 24.3 Å². The van der Waals surface area contributed by atoms with E-state index < -0.39 is 0 Å². The van der Waals surface area contributed by atoms with Crippen molar-refractivity contribution in [1.29, 1.82) is 0 Å². The van der Waals surface area contributed by atoms with E-state index in [2.05, 4.69) is 41.0 Å². The topological polar surface area (TPSA) is 100 Å². The molecular formula is C16H14N8. The summed E-state index contributed by atoms with van der Waals surface area (Å²) in [5.41, 5.74) is 7.55. The number of rotatable bonds is 6. The molecule has 8 heteroatoms. The number of hydrogen-bond acceptors (Lipinski definition) is 8. The lowest BCUT2D eigenvalue weighted by atomic mass is 10.3. The molecule has 24 heavy (non-hydrogen) atoms. The highest BCUT2D eigenvalue weighted by molar-refractivity contribution is 5.80. The third kappa shape index (κ3) is 4.67. The number of nitrogens with one attached hydrogen (secondary N) is 2. The van der Waals surface area contributed by atoms with E-state index in [1.165, 1.54) is 6.33 Å². The van der Waals surface area contributed by atoms with E-state index in [-0.39, 0.29) is 0 Å². The average Bonchev–Trinajstić information content (AvgIpc) is 2.64. The van der Waals surface area contributed by atoms with Crippen LogP contribution >= 0.6 is 0 Å².